The summed E-state index contributed by atoms with van der Waals surface area (Å²) in [6, 6.07) is 3.06. The zero-order valence-corrected chi connectivity index (χ0v) is 11.4. The standard InChI is InChI=1S/C14H16F2N4O/c15-9-4-5-11(10(16)8-9)20-12(18-19-13(20)21)14(17)6-2-1-3-7-14/h4-5,8H,1-3,6-7,17H2,(H,19,21). The maximum atomic E-state index is 14.0. The molecular formula is C14H16F2N4O. The third kappa shape index (κ3) is 2.37. The summed E-state index contributed by atoms with van der Waals surface area (Å²) in [5.74, 6) is -1.22. The van der Waals surface area contributed by atoms with Crippen molar-refractivity contribution in [2.75, 3.05) is 0 Å². The SMILES string of the molecule is NC1(c2n[nH]c(=O)n2-c2ccc(F)cc2F)CCCCC1. The van der Waals surface area contributed by atoms with Gasteiger partial charge in [-0.1, -0.05) is 19.3 Å². The zero-order valence-electron chi connectivity index (χ0n) is 11.4. The summed E-state index contributed by atoms with van der Waals surface area (Å²) in [6.45, 7) is 0. The van der Waals surface area contributed by atoms with E-state index in [-0.39, 0.29) is 5.69 Å². The molecule has 1 saturated carbocycles. The number of rotatable bonds is 2. The van der Waals surface area contributed by atoms with Crippen molar-refractivity contribution in [3.05, 3.63) is 46.1 Å². The summed E-state index contributed by atoms with van der Waals surface area (Å²) >= 11 is 0. The predicted octanol–water partition coefficient (Wildman–Crippen LogP) is 1.96. The van der Waals surface area contributed by atoms with Crippen molar-refractivity contribution in [3.63, 3.8) is 0 Å². The molecule has 7 heteroatoms. The van der Waals surface area contributed by atoms with Gasteiger partial charge < -0.3 is 5.73 Å². The zero-order chi connectivity index (χ0) is 15.0. The van der Waals surface area contributed by atoms with Crippen molar-refractivity contribution in [2.45, 2.75) is 37.6 Å². The highest BCUT2D eigenvalue weighted by Crippen LogP contribution is 2.34. The Balaban J connectivity index is 2.15. The number of aromatic nitrogens is 3. The Labute approximate surface area is 119 Å². The van der Waals surface area contributed by atoms with Crippen molar-refractivity contribution in [2.24, 2.45) is 5.73 Å². The number of nitrogens with zero attached hydrogens (tertiary/aromatic N) is 2. The Kier molecular flexibility index (Phi) is 3.36. The summed E-state index contributed by atoms with van der Waals surface area (Å²) < 4.78 is 28.1. The second kappa shape index (κ2) is 5.07. The molecule has 0 spiro atoms. The van der Waals surface area contributed by atoms with Crippen LogP contribution in [0.25, 0.3) is 5.69 Å². The number of halogens is 2. The average Bonchev–Trinajstić information content (AvgIpc) is 2.82. The van der Waals surface area contributed by atoms with Gasteiger partial charge in [-0.05, 0) is 25.0 Å². The monoisotopic (exact) mass is 294 g/mol. The Hall–Kier alpha value is -2.02. The normalized spacial score (nSPS) is 17.9. The second-order valence-corrected chi connectivity index (χ2v) is 5.50. The Morgan fingerprint density at radius 2 is 1.95 bits per heavy atom. The molecule has 0 atom stereocenters. The molecule has 0 bridgehead atoms. The smallest absolute Gasteiger partial charge is 0.319 e. The van der Waals surface area contributed by atoms with Gasteiger partial charge in [-0.25, -0.2) is 23.2 Å². The lowest BCUT2D eigenvalue weighted by molar-refractivity contribution is 0.282. The molecule has 1 aliphatic carbocycles. The van der Waals surface area contributed by atoms with Crippen LogP contribution in [-0.4, -0.2) is 14.8 Å². The summed E-state index contributed by atoms with van der Waals surface area (Å²) in [7, 11) is 0. The van der Waals surface area contributed by atoms with Crippen LogP contribution in [-0.2, 0) is 5.54 Å². The fraction of sp³-hybridized carbons (Fsp3) is 0.429. The topological polar surface area (TPSA) is 76.7 Å². The third-order valence-corrected chi connectivity index (χ3v) is 4.01. The van der Waals surface area contributed by atoms with E-state index in [2.05, 4.69) is 10.2 Å². The molecule has 1 aromatic heterocycles. The highest BCUT2D eigenvalue weighted by Gasteiger charge is 2.35. The van der Waals surface area contributed by atoms with Crippen LogP contribution in [0.4, 0.5) is 8.78 Å². The fourth-order valence-corrected chi connectivity index (χ4v) is 2.92. The minimum absolute atomic E-state index is 0.0412. The van der Waals surface area contributed by atoms with E-state index in [4.69, 9.17) is 5.73 Å². The highest BCUT2D eigenvalue weighted by molar-refractivity contribution is 5.35. The first-order chi connectivity index (χ1) is 10.0. The second-order valence-electron chi connectivity index (χ2n) is 5.50. The van der Waals surface area contributed by atoms with Gasteiger partial charge in [0.2, 0.25) is 0 Å². The molecule has 2 aromatic rings. The molecule has 3 rings (SSSR count). The van der Waals surface area contributed by atoms with Gasteiger partial charge in [-0.3, -0.25) is 0 Å². The van der Waals surface area contributed by atoms with E-state index in [0.717, 1.165) is 36.0 Å². The molecular weight excluding hydrogens is 278 g/mol. The molecule has 0 unspecified atom stereocenters. The lowest BCUT2D eigenvalue weighted by Gasteiger charge is -2.32. The number of hydrogen-bond donors (Lipinski definition) is 2. The first kappa shape index (κ1) is 13.9. The third-order valence-electron chi connectivity index (χ3n) is 4.01. The van der Waals surface area contributed by atoms with Crippen molar-refractivity contribution in [1.82, 2.24) is 14.8 Å². The highest BCUT2D eigenvalue weighted by atomic mass is 19.1. The van der Waals surface area contributed by atoms with Gasteiger partial charge in [0.15, 0.2) is 5.82 Å². The Bertz CT molecular complexity index is 716. The predicted molar refractivity (Wildman–Crippen MR) is 73.1 cm³/mol. The number of aromatic amines is 1. The largest absolute Gasteiger partial charge is 0.348 e. The van der Waals surface area contributed by atoms with Crippen LogP contribution in [0.5, 0.6) is 0 Å². The Morgan fingerprint density at radius 3 is 2.62 bits per heavy atom. The van der Waals surface area contributed by atoms with Gasteiger partial charge in [0.05, 0.1) is 11.2 Å². The summed E-state index contributed by atoms with van der Waals surface area (Å²) in [4.78, 5) is 12.0. The number of hydrogen-bond acceptors (Lipinski definition) is 3. The first-order valence-corrected chi connectivity index (χ1v) is 6.93. The first-order valence-electron chi connectivity index (χ1n) is 6.93. The molecule has 0 saturated heterocycles. The average molecular weight is 294 g/mol. The van der Waals surface area contributed by atoms with Crippen molar-refractivity contribution < 1.29 is 8.78 Å². The maximum absolute atomic E-state index is 14.0. The van der Waals surface area contributed by atoms with Crippen LogP contribution < -0.4 is 11.4 Å². The molecule has 1 fully saturated rings. The van der Waals surface area contributed by atoms with Crippen molar-refractivity contribution >= 4 is 0 Å². The molecule has 5 nitrogen and oxygen atoms in total. The van der Waals surface area contributed by atoms with E-state index in [9.17, 15) is 13.6 Å². The van der Waals surface area contributed by atoms with Crippen LogP contribution in [0.15, 0.2) is 23.0 Å². The molecule has 0 amide bonds. The van der Waals surface area contributed by atoms with Gasteiger partial charge in [0.1, 0.15) is 11.6 Å². The van der Waals surface area contributed by atoms with Gasteiger partial charge >= 0.3 is 5.69 Å². The van der Waals surface area contributed by atoms with Crippen LogP contribution in [0, 0.1) is 11.6 Å². The van der Waals surface area contributed by atoms with E-state index in [1.54, 1.807) is 0 Å². The molecule has 1 heterocycles. The molecule has 0 aliphatic heterocycles. The molecule has 112 valence electrons. The number of nitrogens with one attached hydrogen (secondary N) is 1. The van der Waals surface area contributed by atoms with Crippen molar-refractivity contribution in [1.29, 1.82) is 0 Å². The van der Waals surface area contributed by atoms with E-state index < -0.39 is 22.9 Å². The number of nitrogens with two attached hydrogens (primary N) is 1. The number of H-pyrrole nitrogens is 1. The Morgan fingerprint density at radius 1 is 1.24 bits per heavy atom. The van der Waals surface area contributed by atoms with E-state index >= 15 is 0 Å². The van der Waals surface area contributed by atoms with E-state index in [1.165, 1.54) is 6.07 Å². The van der Waals surface area contributed by atoms with Gasteiger partial charge in [-0.15, -0.1) is 0 Å². The maximum Gasteiger partial charge on any atom is 0.348 e. The van der Waals surface area contributed by atoms with Gasteiger partial charge in [0, 0.05) is 6.07 Å². The van der Waals surface area contributed by atoms with Crippen molar-refractivity contribution in [3.8, 4) is 5.69 Å². The minimum atomic E-state index is -0.820. The van der Waals surface area contributed by atoms with E-state index in [0.29, 0.717) is 18.7 Å². The van der Waals surface area contributed by atoms with Crippen LogP contribution in [0.1, 0.15) is 37.9 Å². The lowest BCUT2D eigenvalue weighted by atomic mass is 9.82. The summed E-state index contributed by atoms with van der Waals surface area (Å²) in [5.41, 5.74) is 4.99. The molecule has 3 N–H and O–H groups in total. The summed E-state index contributed by atoms with van der Waals surface area (Å²) in [5, 5.41) is 6.31. The lowest BCUT2D eigenvalue weighted by Crippen LogP contribution is -2.42. The van der Waals surface area contributed by atoms with Crippen LogP contribution >= 0.6 is 0 Å². The van der Waals surface area contributed by atoms with Crippen LogP contribution in [0.3, 0.4) is 0 Å². The quantitative estimate of drug-likeness (QED) is 0.889. The minimum Gasteiger partial charge on any atom is -0.319 e. The van der Waals surface area contributed by atoms with E-state index in [1.807, 2.05) is 0 Å². The molecule has 21 heavy (non-hydrogen) atoms. The molecule has 1 aliphatic rings. The number of benzene rings is 1. The van der Waals surface area contributed by atoms with Gasteiger partial charge in [-0.2, -0.15) is 5.10 Å². The summed E-state index contributed by atoms with van der Waals surface area (Å²) in [6.07, 6.45) is 4.31. The molecule has 0 radical (unpaired) electrons. The molecule has 1 aromatic carbocycles. The fourth-order valence-electron chi connectivity index (χ4n) is 2.92. The van der Waals surface area contributed by atoms with Gasteiger partial charge in [0.25, 0.3) is 0 Å². The van der Waals surface area contributed by atoms with Crippen LogP contribution in [0.2, 0.25) is 0 Å².